The second-order valence-corrected chi connectivity index (χ2v) is 5.39. The molecule has 1 saturated heterocycles. The number of hydrogen-bond acceptors (Lipinski definition) is 7. The summed E-state index contributed by atoms with van der Waals surface area (Å²) in [5.41, 5.74) is -0.781. The highest BCUT2D eigenvalue weighted by molar-refractivity contribution is 5.91. The first-order valence-corrected chi connectivity index (χ1v) is 6.99. The van der Waals surface area contributed by atoms with Crippen LogP contribution in [0.15, 0.2) is 29.3 Å². The van der Waals surface area contributed by atoms with Crippen LogP contribution >= 0.6 is 0 Å². The van der Waals surface area contributed by atoms with Crippen LogP contribution in [0.2, 0.25) is 0 Å². The third kappa shape index (κ3) is 3.06. The Morgan fingerprint density at radius 3 is 3.09 bits per heavy atom. The molecule has 0 spiro atoms. The highest BCUT2D eigenvalue weighted by Gasteiger charge is 2.37. The van der Waals surface area contributed by atoms with Gasteiger partial charge in [0, 0.05) is 39.0 Å². The zero-order valence-corrected chi connectivity index (χ0v) is 12.2. The van der Waals surface area contributed by atoms with Gasteiger partial charge < -0.3 is 19.7 Å². The van der Waals surface area contributed by atoms with Crippen molar-refractivity contribution in [3.05, 3.63) is 36.4 Å². The van der Waals surface area contributed by atoms with Crippen molar-refractivity contribution in [2.45, 2.75) is 18.9 Å². The summed E-state index contributed by atoms with van der Waals surface area (Å²) in [4.78, 5) is 26.1. The summed E-state index contributed by atoms with van der Waals surface area (Å²) in [5.74, 6) is 0.790. The smallest absolute Gasteiger partial charge is 0.273 e. The fourth-order valence-corrected chi connectivity index (χ4v) is 2.45. The Bertz CT molecular complexity index is 660. The molecule has 0 radical (unpaired) electrons. The lowest BCUT2D eigenvalue weighted by molar-refractivity contribution is 0.0574. The minimum atomic E-state index is -0.994. The van der Waals surface area contributed by atoms with Crippen LogP contribution in [-0.2, 0) is 0 Å². The molecule has 2 aromatic heterocycles. The van der Waals surface area contributed by atoms with Gasteiger partial charge in [0.2, 0.25) is 0 Å². The van der Waals surface area contributed by atoms with Crippen LogP contribution in [0.25, 0.3) is 0 Å². The van der Waals surface area contributed by atoms with Crippen molar-refractivity contribution >= 4 is 11.7 Å². The van der Waals surface area contributed by atoms with Crippen LogP contribution in [0, 0.1) is 6.92 Å². The first-order valence-electron chi connectivity index (χ1n) is 6.99. The maximum atomic E-state index is 11.9. The highest BCUT2D eigenvalue weighted by atomic mass is 16.3. The third-order valence-electron chi connectivity index (χ3n) is 3.64. The van der Waals surface area contributed by atoms with Gasteiger partial charge in [-0.2, -0.15) is 0 Å². The fourth-order valence-electron chi connectivity index (χ4n) is 2.45. The molecule has 0 saturated carbocycles. The van der Waals surface area contributed by atoms with E-state index < -0.39 is 5.60 Å². The molecule has 0 bridgehead atoms. The van der Waals surface area contributed by atoms with Crippen molar-refractivity contribution in [1.29, 1.82) is 0 Å². The van der Waals surface area contributed by atoms with Crippen molar-refractivity contribution in [1.82, 2.24) is 20.3 Å². The van der Waals surface area contributed by atoms with Crippen LogP contribution < -0.4 is 10.2 Å². The summed E-state index contributed by atoms with van der Waals surface area (Å²) < 4.78 is 5.00. The molecule has 0 aliphatic carbocycles. The minimum Gasteiger partial charge on any atom is -0.448 e. The number of amides is 1. The number of β-amino-alcohol motifs (C(OH)–C–C–N with tert-alkyl or cyclic N) is 1. The van der Waals surface area contributed by atoms with Gasteiger partial charge in [0.15, 0.2) is 11.6 Å². The molecule has 3 rings (SSSR count). The number of aromatic nitrogens is 3. The molecule has 3 heterocycles. The third-order valence-corrected chi connectivity index (χ3v) is 3.64. The number of carbonyl (C=O) groups excluding carboxylic acids is 1. The minimum absolute atomic E-state index is 0.147. The van der Waals surface area contributed by atoms with E-state index in [-0.39, 0.29) is 18.1 Å². The van der Waals surface area contributed by atoms with E-state index >= 15 is 0 Å². The Balaban J connectivity index is 1.58. The predicted molar refractivity (Wildman–Crippen MR) is 77.4 cm³/mol. The van der Waals surface area contributed by atoms with Crippen molar-refractivity contribution < 1.29 is 14.3 Å². The number of rotatable bonds is 4. The monoisotopic (exact) mass is 303 g/mol. The lowest BCUT2D eigenvalue weighted by Gasteiger charge is -2.23. The second kappa shape index (κ2) is 5.72. The summed E-state index contributed by atoms with van der Waals surface area (Å²) >= 11 is 0. The molecule has 2 N–H and O–H groups in total. The van der Waals surface area contributed by atoms with E-state index in [0.29, 0.717) is 25.4 Å². The second-order valence-electron chi connectivity index (χ2n) is 5.39. The van der Waals surface area contributed by atoms with Gasteiger partial charge in [-0.3, -0.25) is 9.78 Å². The van der Waals surface area contributed by atoms with Crippen LogP contribution in [0.4, 0.5) is 5.82 Å². The molecule has 8 heteroatoms. The van der Waals surface area contributed by atoms with Crippen LogP contribution in [0.5, 0.6) is 0 Å². The molecule has 1 amide bonds. The van der Waals surface area contributed by atoms with E-state index in [4.69, 9.17) is 4.42 Å². The zero-order valence-electron chi connectivity index (χ0n) is 12.2. The van der Waals surface area contributed by atoms with Gasteiger partial charge in [0.1, 0.15) is 17.7 Å². The van der Waals surface area contributed by atoms with Crippen molar-refractivity contribution in [2.75, 3.05) is 24.5 Å². The summed E-state index contributed by atoms with van der Waals surface area (Å²) in [6.07, 6.45) is 6.71. The van der Waals surface area contributed by atoms with Gasteiger partial charge in [0.25, 0.3) is 5.91 Å². The number of carbonyl (C=O) groups is 1. The number of nitrogens with one attached hydrogen (secondary N) is 1. The maximum Gasteiger partial charge on any atom is 0.273 e. The molecular formula is C14H17N5O3. The average molecular weight is 303 g/mol. The molecule has 22 heavy (non-hydrogen) atoms. The molecule has 1 aliphatic rings. The van der Waals surface area contributed by atoms with E-state index in [1.807, 2.05) is 4.90 Å². The summed E-state index contributed by atoms with van der Waals surface area (Å²) in [7, 11) is 0. The van der Waals surface area contributed by atoms with Gasteiger partial charge >= 0.3 is 0 Å². The van der Waals surface area contributed by atoms with E-state index in [2.05, 4.69) is 20.3 Å². The predicted octanol–water partition coefficient (Wildman–Crippen LogP) is 0.144. The van der Waals surface area contributed by atoms with Gasteiger partial charge in [-0.25, -0.2) is 9.97 Å². The van der Waals surface area contributed by atoms with E-state index in [1.165, 1.54) is 6.26 Å². The molecule has 0 unspecified atom stereocenters. The average Bonchev–Trinajstić information content (AvgIpc) is 3.13. The topological polar surface area (TPSA) is 104 Å². The molecular weight excluding hydrogens is 286 g/mol. The Kier molecular flexibility index (Phi) is 3.76. The number of aryl methyl sites for hydroxylation is 1. The zero-order chi connectivity index (χ0) is 15.6. The number of nitrogens with zero attached hydrogens (tertiary/aromatic N) is 4. The number of aliphatic hydroxyl groups is 1. The van der Waals surface area contributed by atoms with E-state index in [0.717, 1.165) is 5.82 Å². The molecule has 2 aromatic rings. The summed E-state index contributed by atoms with van der Waals surface area (Å²) in [6, 6.07) is 0. The first-order chi connectivity index (χ1) is 10.6. The maximum absolute atomic E-state index is 11.9. The van der Waals surface area contributed by atoms with Crippen molar-refractivity contribution in [2.24, 2.45) is 0 Å². The summed E-state index contributed by atoms with van der Waals surface area (Å²) in [5, 5.41) is 13.3. The normalized spacial score (nSPS) is 21.1. The lowest BCUT2D eigenvalue weighted by Crippen LogP contribution is -2.45. The molecule has 116 valence electrons. The van der Waals surface area contributed by atoms with Crippen LogP contribution in [0.1, 0.15) is 22.8 Å². The molecule has 0 aromatic carbocycles. The fraction of sp³-hybridized carbons (Fsp3) is 0.429. The molecule has 1 fully saturated rings. The molecule has 8 nitrogen and oxygen atoms in total. The quantitative estimate of drug-likeness (QED) is 0.828. The Hall–Kier alpha value is -2.48. The summed E-state index contributed by atoms with van der Waals surface area (Å²) in [6.45, 7) is 2.87. The van der Waals surface area contributed by atoms with Gasteiger partial charge in [0.05, 0.1) is 6.20 Å². The van der Waals surface area contributed by atoms with Crippen molar-refractivity contribution in [3.63, 3.8) is 0 Å². The van der Waals surface area contributed by atoms with Gasteiger partial charge in [-0.1, -0.05) is 0 Å². The van der Waals surface area contributed by atoms with Crippen molar-refractivity contribution in [3.8, 4) is 0 Å². The SMILES string of the molecule is Cc1nc(C(=O)NC[C@@]2(O)CCN(c3cnccn3)C2)co1. The Labute approximate surface area is 127 Å². The van der Waals surface area contributed by atoms with E-state index in [1.54, 1.807) is 25.5 Å². The van der Waals surface area contributed by atoms with Crippen LogP contribution in [0.3, 0.4) is 0 Å². The largest absolute Gasteiger partial charge is 0.448 e. The van der Waals surface area contributed by atoms with Crippen LogP contribution in [-0.4, -0.2) is 51.2 Å². The number of oxazole rings is 1. The van der Waals surface area contributed by atoms with E-state index in [9.17, 15) is 9.90 Å². The lowest BCUT2D eigenvalue weighted by atomic mass is 10.0. The number of anilines is 1. The standard InChI is InChI=1S/C14H17N5O3/c1-10-18-11(7-22-10)13(20)17-8-14(21)2-5-19(9-14)12-6-15-3-4-16-12/h3-4,6-7,21H,2,5,8-9H2,1H3,(H,17,20)/t14-/m0/s1. The van der Waals surface area contributed by atoms with Gasteiger partial charge in [-0.15, -0.1) is 0 Å². The van der Waals surface area contributed by atoms with Gasteiger partial charge in [-0.05, 0) is 6.42 Å². The first kappa shape index (κ1) is 14.5. The Morgan fingerprint density at radius 2 is 2.41 bits per heavy atom. The molecule has 1 aliphatic heterocycles. The molecule has 1 atom stereocenters. The highest BCUT2D eigenvalue weighted by Crippen LogP contribution is 2.24. The number of hydrogen-bond donors (Lipinski definition) is 2. The Morgan fingerprint density at radius 1 is 1.55 bits per heavy atom.